The first-order valence-electron chi connectivity index (χ1n) is 5.52. The monoisotopic (exact) mass is 216 g/mol. The van der Waals surface area contributed by atoms with Gasteiger partial charge in [0, 0.05) is 35.7 Å². The molecule has 0 spiro atoms. The van der Waals surface area contributed by atoms with Crippen molar-refractivity contribution in [3.05, 3.63) is 0 Å². The zero-order chi connectivity index (χ0) is 10.8. The lowest BCUT2D eigenvalue weighted by molar-refractivity contribution is 0.100. The van der Waals surface area contributed by atoms with Gasteiger partial charge in [-0.15, -0.1) is 0 Å². The van der Waals surface area contributed by atoms with Gasteiger partial charge in [-0.05, 0) is 27.2 Å². The van der Waals surface area contributed by atoms with Crippen LogP contribution in [0.2, 0.25) is 0 Å². The van der Waals surface area contributed by atoms with Crippen LogP contribution < -0.4 is 5.73 Å². The molecule has 1 saturated heterocycles. The Hall–Kier alpha value is 0.270. The highest BCUT2D eigenvalue weighted by Crippen LogP contribution is 2.33. The highest BCUT2D eigenvalue weighted by atomic mass is 32.2. The normalized spacial score (nSPS) is 27.2. The Morgan fingerprint density at radius 1 is 1.50 bits per heavy atom. The largest absolute Gasteiger partial charge is 0.329 e. The molecule has 1 fully saturated rings. The predicted octanol–water partition coefficient (Wildman–Crippen LogP) is 1.94. The average Bonchev–Trinajstić information content (AvgIpc) is 2.15. The second kappa shape index (κ2) is 4.42. The van der Waals surface area contributed by atoms with Crippen molar-refractivity contribution in [2.75, 3.05) is 25.4 Å². The molecular formula is C11H24N2S. The Morgan fingerprint density at radius 2 is 2.14 bits per heavy atom. The van der Waals surface area contributed by atoms with Crippen LogP contribution in [0.4, 0.5) is 0 Å². The van der Waals surface area contributed by atoms with Gasteiger partial charge < -0.3 is 5.73 Å². The molecule has 1 aliphatic heterocycles. The van der Waals surface area contributed by atoms with Crippen molar-refractivity contribution in [2.24, 2.45) is 5.73 Å². The molecule has 0 aliphatic carbocycles. The Balaban J connectivity index is 2.67. The van der Waals surface area contributed by atoms with Crippen LogP contribution in [0.25, 0.3) is 0 Å². The molecule has 2 N–H and O–H groups in total. The van der Waals surface area contributed by atoms with Crippen LogP contribution in [-0.2, 0) is 0 Å². The van der Waals surface area contributed by atoms with Crippen LogP contribution in [0.15, 0.2) is 0 Å². The van der Waals surface area contributed by atoms with Gasteiger partial charge in [0.15, 0.2) is 0 Å². The minimum absolute atomic E-state index is 0.207. The average molecular weight is 216 g/mol. The van der Waals surface area contributed by atoms with Crippen molar-refractivity contribution in [1.29, 1.82) is 0 Å². The zero-order valence-corrected chi connectivity index (χ0v) is 10.8. The van der Waals surface area contributed by atoms with Gasteiger partial charge in [0.05, 0.1) is 0 Å². The molecule has 3 heteroatoms. The van der Waals surface area contributed by atoms with Gasteiger partial charge in [0.1, 0.15) is 0 Å². The van der Waals surface area contributed by atoms with Gasteiger partial charge >= 0.3 is 0 Å². The number of hydrogen-bond acceptors (Lipinski definition) is 3. The van der Waals surface area contributed by atoms with Crippen LogP contribution in [0.1, 0.15) is 34.1 Å². The van der Waals surface area contributed by atoms with E-state index in [4.69, 9.17) is 5.73 Å². The minimum atomic E-state index is 0.207. The fourth-order valence-electron chi connectivity index (χ4n) is 1.97. The van der Waals surface area contributed by atoms with E-state index in [-0.39, 0.29) is 5.54 Å². The van der Waals surface area contributed by atoms with E-state index < -0.39 is 0 Å². The number of nitrogens with zero attached hydrogens (tertiary/aromatic N) is 1. The molecule has 0 bridgehead atoms. The first-order chi connectivity index (χ1) is 6.43. The van der Waals surface area contributed by atoms with Gasteiger partial charge in [-0.3, -0.25) is 4.90 Å². The molecule has 0 aromatic rings. The van der Waals surface area contributed by atoms with Crippen LogP contribution in [-0.4, -0.2) is 40.6 Å². The zero-order valence-electron chi connectivity index (χ0n) is 9.97. The van der Waals surface area contributed by atoms with Crippen molar-refractivity contribution in [2.45, 2.75) is 44.4 Å². The summed E-state index contributed by atoms with van der Waals surface area (Å²) in [5.74, 6) is 1.24. The second-order valence-electron chi connectivity index (χ2n) is 5.08. The third kappa shape index (κ3) is 2.65. The molecule has 84 valence electrons. The Labute approximate surface area is 92.6 Å². The van der Waals surface area contributed by atoms with Crippen molar-refractivity contribution in [3.8, 4) is 0 Å². The van der Waals surface area contributed by atoms with E-state index in [9.17, 15) is 0 Å². The summed E-state index contributed by atoms with van der Waals surface area (Å²) in [6, 6.07) is 0. The molecule has 0 amide bonds. The number of rotatable bonds is 3. The predicted molar refractivity (Wildman–Crippen MR) is 65.9 cm³/mol. The topological polar surface area (TPSA) is 29.3 Å². The Morgan fingerprint density at radius 3 is 2.57 bits per heavy atom. The van der Waals surface area contributed by atoms with E-state index in [1.54, 1.807) is 0 Å². The summed E-state index contributed by atoms with van der Waals surface area (Å²) >= 11 is 2.08. The first-order valence-corrected chi connectivity index (χ1v) is 6.51. The molecule has 1 rings (SSSR count). The maximum absolute atomic E-state index is 5.89. The van der Waals surface area contributed by atoms with Gasteiger partial charge in [-0.25, -0.2) is 0 Å². The summed E-state index contributed by atoms with van der Waals surface area (Å²) in [7, 11) is 0. The Kier molecular flexibility index (Phi) is 3.89. The van der Waals surface area contributed by atoms with E-state index in [0.29, 0.717) is 4.75 Å². The lowest BCUT2D eigenvalue weighted by Crippen LogP contribution is -2.57. The third-order valence-corrected chi connectivity index (χ3v) is 4.69. The molecule has 0 aromatic carbocycles. The fourth-order valence-corrected chi connectivity index (χ4v) is 3.09. The lowest BCUT2D eigenvalue weighted by atomic mass is 9.95. The van der Waals surface area contributed by atoms with E-state index in [1.807, 2.05) is 0 Å². The molecule has 1 unspecified atom stereocenters. The third-order valence-electron chi connectivity index (χ3n) is 3.39. The summed E-state index contributed by atoms with van der Waals surface area (Å²) in [6.07, 6.45) is 1.14. The smallest absolute Gasteiger partial charge is 0.0301 e. The second-order valence-corrected chi connectivity index (χ2v) is 6.89. The maximum atomic E-state index is 5.89. The summed E-state index contributed by atoms with van der Waals surface area (Å²) < 4.78 is 0.393. The van der Waals surface area contributed by atoms with Crippen LogP contribution in [0.3, 0.4) is 0 Å². The van der Waals surface area contributed by atoms with Gasteiger partial charge in [0.25, 0.3) is 0 Å². The summed E-state index contributed by atoms with van der Waals surface area (Å²) in [5, 5.41) is 0. The van der Waals surface area contributed by atoms with Crippen LogP contribution in [0.5, 0.6) is 0 Å². The number of nitrogens with two attached hydrogens (primary N) is 1. The van der Waals surface area contributed by atoms with Gasteiger partial charge in [-0.2, -0.15) is 11.8 Å². The van der Waals surface area contributed by atoms with E-state index in [1.165, 1.54) is 18.8 Å². The maximum Gasteiger partial charge on any atom is 0.0301 e. The lowest BCUT2D eigenvalue weighted by Gasteiger charge is -2.47. The molecule has 2 nitrogen and oxygen atoms in total. The quantitative estimate of drug-likeness (QED) is 0.782. The standard InChI is InChI=1S/C11H24N2S/c1-5-11(4,8-12)13-6-7-14-10(2,3)9-13/h5-9,12H2,1-4H3. The number of thioether (sulfide) groups is 1. The van der Waals surface area contributed by atoms with Crippen molar-refractivity contribution in [3.63, 3.8) is 0 Å². The van der Waals surface area contributed by atoms with E-state index in [2.05, 4.69) is 44.4 Å². The highest BCUT2D eigenvalue weighted by Gasteiger charge is 2.36. The molecular weight excluding hydrogens is 192 g/mol. The summed E-state index contributed by atoms with van der Waals surface area (Å²) in [6.45, 7) is 12.3. The summed E-state index contributed by atoms with van der Waals surface area (Å²) in [5.41, 5.74) is 6.10. The molecule has 14 heavy (non-hydrogen) atoms. The SMILES string of the molecule is CCC(C)(CN)N1CCSC(C)(C)C1. The van der Waals surface area contributed by atoms with Crippen molar-refractivity contribution < 1.29 is 0 Å². The van der Waals surface area contributed by atoms with Crippen LogP contribution >= 0.6 is 11.8 Å². The highest BCUT2D eigenvalue weighted by molar-refractivity contribution is 8.00. The van der Waals surface area contributed by atoms with Crippen molar-refractivity contribution >= 4 is 11.8 Å². The van der Waals surface area contributed by atoms with Gasteiger partial charge in [-0.1, -0.05) is 6.92 Å². The molecule has 1 atom stereocenters. The van der Waals surface area contributed by atoms with Crippen molar-refractivity contribution in [1.82, 2.24) is 4.90 Å². The molecule has 0 aromatic heterocycles. The molecule has 0 saturated carbocycles. The summed E-state index contributed by atoms with van der Waals surface area (Å²) in [4.78, 5) is 2.57. The van der Waals surface area contributed by atoms with Crippen LogP contribution in [0, 0.1) is 0 Å². The molecule has 1 aliphatic rings. The van der Waals surface area contributed by atoms with Gasteiger partial charge in [0.2, 0.25) is 0 Å². The molecule has 1 heterocycles. The first kappa shape index (κ1) is 12.3. The molecule has 0 radical (unpaired) electrons. The number of hydrogen-bond donors (Lipinski definition) is 1. The Bertz CT molecular complexity index is 188. The minimum Gasteiger partial charge on any atom is -0.329 e. The van der Waals surface area contributed by atoms with E-state index >= 15 is 0 Å². The van der Waals surface area contributed by atoms with E-state index in [0.717, 1.165) is 13.0 Å². The fraction of sp³-hybridized carbons (Fsp3) is 1.00.